The Morgan fingerprint density at radius 1 is 1.13 bits per heavy atom. The van der Waals surface area contributed by atoms with E-state index < -0.39 is 10.0 Å². The van der Waals surface area contributed by atoms with Gasteiger partial charge >= 0.3 is 0 Å². The molecule has 0 bridgehead atoms. The second-order valence-electron chi connectivity index (χ2n) is 4.78. The van der Waals surface area contributed by atoms with E-state index in [4.69, 9.17) is 16.9 Å². The van der Waals surface area contributed by atoms with Gasteiger partial charge in [0.1, 0.15) is 0 Å². The van der Waals surface area contributed by atoms with Crippen LogP contribution in [0, 0.1) is 11.3 Å². The molecule has 0 amide bonds. The molecule has 0 aliphatic heterocycles. The molecule has 0 atom stereocenters. The summed E-state index contributed by atoms with van der Waals surface area (Å²) in [5.74, 6) is 0. The maximum Gasteiger partial charge on any atom is 0.264 e. The molecular formula is C17H15ClN2O2S. The molecule has 0 spiro atoms. The Morgan fingerprint density at radius 3 is 2.26 bits per heavy atom. The van der Waals surface area contributed by atoms with Crippen LogP contribution in [0.25, 0.3) is 0 Å². The summed E-state index contributed by atoms with van der Waals surface area (Å²) in [6.45, 7) is 3.77. The van der Waals surface area contributed by atoms with Crippen LogP contribution in [0.4, 0.5) is 5.69 Å². The van der Waals surface area contributed by atoms with Crippen LogP contribution in [0.15, 0.2) is 66.1 Å². The SMILES string of the molecule is C=CCN(c1ccc(CC#N)cc1)S(=O)(=O)c1ccc(Cl)cc1. The minimum atomic E-state index is -3.72. The van der Waals surface area contributed by atoms with E-state index in [-0.39, 0.29) is 17.9 Å². The molecule has 0 heterocycles. The van der Waals surface area contributed by atoms with Crippen molar-refractivity contribution in [1.29, 1.82) is 5.26 Å². The van der Waals surface area contributed by atoms with Crippen LogP contribution in [0.3, 0.4) is 0 Å². The van der Waals surface area contributed by atoms with Crippen LogP contribution >= 0.6 is 11.6 Å². The predicted molar refractivity (Wildman–Crippen MR) is 91.9 cm³/mol. The molecule has 0 N–H and O–H groups in total. The first-order valence-corrected chi connectivity index (χ1v) is 8.66. The molecule has 0 aliphatic rings. The maximum atomic E-state index is 12.8. The van der Waals surface area contributed by atoms with Crippen LogP contribution in [0.2, 0.25) is 5.02 Å². The van der Waals surface area contributed by atoms with Gasteiger partial charge in [-0.15, -0.1) is 6.58 Å². The lowest BCUT2D eigenvalue weighted by Crippen LogP contribution is -2.31. The Kier molecular flexibility index (Phi) is 5.43. The van der Waals surface area contributed by atoms with Gasteiger partial charge in [0.2, 0.25) is 0 Å². The molecule has 0 aliphatic carbocycles. The zero-order valence-electron chi connectivity index (χ0n) is 12.3. The zero-order chi connectivity index (χ0) is 16.9. The second-order valence-corrected chi connectivity index (χ2v) is 7.08. The van der Waals surface area contributed by atoms with E-state index in [0.29, 0.717) is 10.7 Å². The molecule has 0 saturated carbocycles. The highest BCUT2D eigenvalue weighted by atomic mass is 35.5. The van der Waals surface area contributed by atoms with Crippen LogP contribution in [-0.4, -0.2) is 15.0 Å². The molecule has 0 saturated heterocycles. The smallest absolute Gasteiger partial charge is 0.263 e. The summed E-state index contributed by atoms with van der Waals surface area (Å²) in [5, 5.41) is 9.17. The summed E-state index contributed by atoms with van der Waals surface area (Å²) >= 11 is 5.82. The monoisotopic (exact) mass is 346 g/mol. The third-order valence-electron chi connectivity index (χ3n) is 3.20. The molecule has 2 rings (SSSR count). The van der Waals surface area contributed by atoms with Crippen molar-refractivity contribution < 1.29 is 8.42 Å². The van der Waals surface area contributed by atoms with E-state index in [9.17, 15) is 8.42 Å². The van der Waals surface area contributed by atoms with Gasteiger partial charge in [-0.05, 0) is 42.0 Å². The number of anilines is 1. The van der Waals surface area contributed by atoms with Crippen LogP contribution in [0.1, 0.15) is 5.56 Å². The van der Waals surface area contributed by atoms with Gasteiger partial charge in [0, 0.05) is 5.02 Å². The molecule has 4 nitrogen and oxygen atoms in total. The fraction of sp³-hybridized carbons (Fsp3) is 0.118. The van der Waals surface area contributed by atoms with Gasteiger partial charge in [-0.3, -0.25) is 4.31 Å². The van der Waals surface area contributed by atoms with E-state index in [1.807, 2.05) is 0 Å². The number of rotatable bonds is 6. The molecule has 6 heteroatoms. The van der Waals surface area contributed by atoms with Gasteiger partial charge in [0.05, 0.1) is 29.6 Å². The van der Waals surface area contributed by atoms with Crippen LogP contribution in [0.5, 0.6) is 0 Å². The van der Waals surface area contributed by atoms with Crippen molar-refractivity contribution in [1.82, 2.24) is 0 Å². The van der Waals surface area contributed by atoms with Gasteiger partial charge in [0.25, 0.3) is 10.0 Å². The Balaban J connectivity index is 2.42. The fourth-order valence-corrected chi connectivity index (χ4v) is 3.63. The van der Waals surface area contributed by atoms with E-state index in [0.717, 1.165) is 5.56 Å². The first kappa shape index (κ1) is 17.1. The van der Waals surface area contributed by atoms with Crippen molar-refractivity contribution in [2.24, 2.45) is 0 Å². The minimum Gasteiger partial charge on any atom is -0.263 e. The van der Waals surface area contributed by atoms with Gasteiger partial charge in [-0.2, -0.15) is 5.26 Å². The molecule has 2 aromatic carbocycles. The lowest BCUT2D eigenvalue weighted by Gasteiger charge is -2.23. The van der Waals surface area contributed by atoms with Crippen LogP contribution < -0.4 is 4.31 Å². The lowest BCUT2D eigenvalue weighted by atomic mass is 10.1. The highest BCUT2D eigenvalue weighted by Gasteiger charge is 2.23. The number of benzene rings is 2. The fourth-order valence-electron chi connectivity index (χ4n) is 2.06. The number of hydrogen-bond donors (Lipinski definition) is 0. The predicted octanol–water partition coefficient (Wildman–Crippen LogP) is 3.79. The van der Waals surface area contributed by atoms with Crippen molar-refractivity contribution in [3.05, 3.63) is 71.8 Å². The van der Waals surface area contributed by atoms with E-state index in [1.54, 1.807) is 24.3 Å². The molecule has 0 radical (unpaired) electrons. The molecule has 2 aromatic rings. The zero-order valence-corrected chi connectivity index (χ0v) is 13.9. The Morgan fingerprint density at radius 2 is 1.74 bits per heavy atom. The minimum absolute atomic E-state index is 0.141. The number of hydrogen-bond acceptors (Lipinski definition) is 3. The third-order valence-corrected chi connectivity index (χ3v) is 5.26. The van der Waals surface area contributed by atoms with E-state index in [1.165, 1.54) is 34.6 Å². The maximum absolute atomic E-state index is 12.8. The van der Waals surface area contributed by atoms with Gasteiger partial charge in [-0.25, -0.2) is 8.42 Å². The summed E-state index contributed by atoms with van der Waals surface area (Å²) in [7, 11) is -3.72. The summed E-state index contributed by atoms with van der Waals surface area (Å²) in [4.78, 5) is 0.157. The van der Waals surface area contributed by atoms with Crippen molar-refractivity contribution in [3.8, 4) is 6.07 Å². The largest absolute Gasteiger partial charge is 0.264 e. The molecule has 23 heavy (non-hydrogen) atoms. The highest BCUT2D eigenvalue weighted by Crippen LogP contribution is 2.25. The topological polar surface area (TPSA) is 61.2 Å². The first-order chi connectivity index (χ1) is 11.0. The van der Waals surface area contributed by atoms with Crippen molar-refractivity contribution in [3.63, 3.8) is 0 Å². The number of sulfonamides is 1. The Labute approximate surface area is 141 Å². The second kappa shape index (κ2) is 7.32. The lowest BCUT2D eigenvalue weighted by molar-refractivity contribution is 0.593. The quantitative estimate of drug-likeness (QED) is 0.748. The van der Waals surface area contributed by atoms with Crippen molar-refractivity contribution >= 4 is 27.3 Å². The summed E-state index contributed by atoms with van der Waals surface area (Å²) in [5.41, 5.74) is 1.35. The highest BCUT2D eigenvalue weighted by molar-refractivity contribution is 7.92. The summed E-state index contributed by atoms with van der Waals surface area (Å²) < 4.78 is 26.9. The van der Waals surface area contributed by atoms with E-state index in [2.05, 4.69) is 12.6 Å². The Bertz CT molecular complexity index is 822. The van der Waals surface area contributed by atoms with E-state index >= 15 is 0 Å². The molecular weight excluding hydrogens is 332 g/mol. The van der Waals surface area contributed by atoms with Crippen LogP contribution in [-0.2, 0) is 16.4 Å². The standard InChI is InChI=1S/C17H15ClN2O2S/c1-2-13-20(16-7-3-14(4-8-16)11-12-19)23(21,22)17-9-5-15(18)6-10-17/h2-10H,1,11,13H2. The number of nitriles is 1. The molecule has 0 unspecified atom stereocenters. The van der Waals surface area contributed by atoms with Crippen molar-refractivity contribution in [2.75, 3.05) is 10.8 Å². The normalized spacial score (nSPS) is 10.8. The van der Waals surface area contributed by atoms with Gasteiger partial charge in [-0.1, -0.05) is 29.8 Å². The average molecular weight is 347 g/mol. The van der Waals surface area contributed by atoms with Gasteiger partial charge < -0.3 is 0 Å². The molecule has 0 aromatic heterocycles. The van der Waals surface area contributed by atoms with Crippen molar-refractivity contribution in [2.45, 2.75) is 11.3 Å². The molecule has 118 valence electrons. The molecule has 0 fully saturated rings. The first-order valence-electron chi connectivity index (χ1n) is 6.84. The summed E-state index contributed by atoms with van der Waals surface area (Å²) in [6, 6.07) is 14.9. The average Bonchev–Trinajstić information content (AvgIpc) is 2.54. The Hall–Kier alpha value is -2.29. The summed E-state index contributed by atoms with van der Waals surface area (Å²) in [6.07, 6.45) is 1.81. The van der Waals surface area contributed by atoms with Gasteiger partial charge in [0.15, 0.2) is 0 Å². The number of nitrogens with zero attached hydrogens (tertiary/aromatic N) is 2. The number of halogens is 1. The third kappa shape index (κ3) is 3.92.